The largest absolute Gasteiger partial charge is 0.426 e. The fourth-order valence-corrected chi connectivity index (χ4v) is 2.05. The number of ether oxygens (including phenoxy) is 1. The third kappa shape index (κ3) is 4.17. The Morgan fingerprint density at radius 2 is 2.33 bits per heavy atom. The van der Waals surface area contributed by atoms with Crippen molar-refractivity contribution in [1.82, 2.24) is 5.32 Å². The molecule has 0 saturated carbocycles. The van der Waals surface area contributed by atoms with E-state index >= 15 is 0 Å². The highest BCUT2D eigenvalue weighted by molar-refractivity contribution is 6.30. The van der Waals surface area contributed by atoms with Gasteiger partial charge in [0.15, 0.2) is 0 Å². The Morgan fingerprint density at radius 3 is 3.06 bits per heavy atom. The molecule has 1 aliphatic rings. The first kappa shape index (κ1) is 13.1. The van der Waals surface area contributed by atoms with E-state index in [4.69, 9.17) is 16.3 Å². The molecule has 1 aromatic carbocycles. The molecule has 0 saturated heterocycles. The molecule has 18 heavy (non-hydrogen) atoms. The highest BCUT2D eigenvalue weighted by Gasteiger charge is 2.08. The zero-order chi connectivity index (χ0) is 12.8. The van der Waals surface area contributed by atoms with Gasteiger partial charge in [-0.05, 0) is 37.6 Å². The van der Waals surface area contributed by atoms with Crippen molar-refractivity contribution in [3.8, 4) is 5.75 Å². The van der Waals surface area contributed by atoms with Crippen LogP contribution in [0.4, 0.5) is 0 Å². The molecule has 96 valence electrons. The van der Waals surface area contributed by atoms with Crippen LogP contribution in [0.1, 0.15) is 19.3 Å². The molecule has 0 aliphatic carbocycles. The number of carbonyl (C=O) groups is 1. The Labute approximate surface area is 112 Å². The Hall–Kier alpha value is -1.32. The van der Waals surface area contributed by atoms with Crippen molar-refractivity contribution in [2.45, 2.75) is 19.3 Å². The molecule has 1 heterocycles. The molecule has 0 spiro atoms. The number of esters is 1. The number of nitrogens with one attached hydrogen (secondary N) is 1. The molecular formula is C14H16ClNO2. The van der Waals surface area contributed by atoms with Crippen LogP contribution < -0.4 is 10.1 Å². The van der Waals surface area contributed by atoms with E-state index in [1.807, 2.05) is 0 Å². The average molecular weight is 266 g/mol. The maximum Gasteiger partial charge on any atom is 0.311 e. The lowest BCUT2D eigenvalue weighted by molar-refractivity contribution is -0.134. The lowest BCUT2D eigenvalue weighted by atomic mass is 10.0. The molecule has 0 fully saturated rings. The first-order chi connectivity index (χ1) is 8.74. The number of halogens is 1. The third-order valence-corrected chi connectivity index (χ3v) is 3.07. The number of carbonyl (C=O) groups excluding carboxylic acids is 1. The van der Waals surface area contributed by atoms with Crippen molar-refractivity contribution >= 4 is 17.6 Å². The van der Waals surface area contributed by atoms with Gasteiger partial charge in [-0.15, -0.1) is 0 Å². The van der Waals surface area contributed by atoms with Crippen LogP contribution in [-0.2, 0) is 4.79 Å². The van der Waals surface area contributed by atoms with E-state index in [1.165, 1.54) is 5.57 Å². The van der Waals surface area contributed by atoms with Gasteiger partial charge in [0.1, 0.15) is 5.75 Å². The van der Waals surface area contributed by atoms with E-state index in [0.29, 0.717) is 17.2 Å². The highest BCUT2D eigenvalue weighted by Crippen LogP contribution is 2.18. The van der Waals surface area contributed by atoms with Gasteiger partial charge >= 0.3 is 5.97 Å². The Kier molecular flexibility index (Phi) is 4.79. The van der Waals surface area contributed by atoms with Crippen LogP contribution in [0.3, 0.4) is 0 Å². The van der Waals surface area contributed by atoms with Crippen LogP contribution >= 0.6 is 11.6 Å². The SMILES string of the molecule is O=C(CCC1=CCNCC1)Oc1cccc(Cl)c1. The lowest BCUT2D eigenvalue weighted by Crippen LogP contribution is -2.21. The maximum absolute atomic E-state index is 11.7. The molecule has 1 N–H and O–H groups in total. The van der Waals surface area contributed by atoms with Gasteiger partial charge in [0.05, 0.1) is 0 Å². The molecule has 4 heteroatoms. The molecule has 0 bridgehead atoms. The summed E-state index contributed by atoms with van der Waals surface area (Å²) >= 11 is 5.82. The second-order valence-electron chi connectivity index (χ2n) is 4.25. The summed E-state index contributed by atoms with van der Waals surface area (Å²) in [6, 6.07) is 6.88. The molecule has 0 unspecified atom stereocenters. The average Bonchev–Trinajstić information content (AvgIpc) is 2.38. The molecule has 0 aromatic heterocycles. The number of hydrogen-bond acceptors (Lipinski definition) is 3. The fraction of sp³-hybridized carbons (Fsp3) is 0.357. The summed E-state index contributed by atoms with van der Waals surface area (Å²) in [6.07, 6.45) is 4.36. The zero-order valence-electron chi connectivity index (χ0n) is 10.1. The first-order valence-corrected chi connectivity index (χ1v) is 6.47. The van der Waals surface area contributed by atoms with Crippen LogP contribution in [0.5, 0.6) is 5.75 Å². The molecule has 2 rings (SSSR count). The number of benzene rings is 1. The normalized spacial score (nSPS) is 15.1. The summed E-state index contributed by atoms with van der Waals surface area (Å²) in [6.45, 7) is 1.90. The zero-order valence-corrected chi connectivity index (χ0v) is 10.9. The predicted molar refractivity (Wildman–Crippen MR) is 71.9 cm³/mol. The van der Waals surface area contributed by atoms with E-state index in [-0.39, 0.29) is 5.97 Å². The summed E-state index contributed by atoms with van der Waals surface area (Å²) in [5, 5.41) is 3.81. The quantitative estimate of drug-likeness (QED) is 0.517. The van der Waals surface area contributed by atoms with Crippen molar-refractivity contribution in [2.75, 3.05) is 13.1 Å². The second-order valence-corrected chi connectivity index (χ2v) is 4.68. The Bertz CT molecular complexity index is 457. The topological polar surface area (TPSA) is 38.3 Å². The van der Waals surface area contributed by atoms with Crippen molar-refractivity contribution in [2.24, 2.45) is 0 Å². The second kappa shape index (κ2) is 6.57. The Balaban J connectivity index is 1.80. The fourth-order valence-electron chi connectivity index (χ4n) is 1.87. The van der Waals surface area contributed by atoms with E-state index < -0.39 is 0 Å². The highest BCUT2D eigenvalue weighted by atomic mass is 35.5. The number of hydrogen-bond donors (Lipinski definition) is 1. The van der Waals surface area contributed by atoms with Crippen LogP contribution in [0.2, 0.25) is 5.02 Å². The monoisotopic (exact) mass is 265 g/mol. The summed E-state index contributed by atoms with van der Waals surface area (Å²) in [5.74, 6) is 0.295. The van der Waals surface area contributed by atoms with Crippen molar-refractivity contribution in [3.63, 3.8) is 0 Å². The smallest absolute Gasteiger partial charge is 0.311 e. The van der Waals surface area contributed by atoms with Crippen LogP contribution in [0.15, 0.2) is 35.9 Å². The molecule has 3 nitrogen and oxygen atoms in total. The van der Waals surface area contributed by atoms with Gasteiger partial charge in [0.25, 0.3) is 0 Å². The van der Waals surface area contributed by atoms with Gasteiger partial charge in [-0.3, -0.25) is 4.79 Å². The Morgan fingerprint density at radius 1 is 1.44 bits per heavy atom. The summed E-state index contributed by atoms with van der Waals surface area (Å²) in [4.78, 5) is 11.7. The summed E-state index contributed by atoms with van der Waals surface area (Å²) < 4.78 is 5.22. The first-order valence-electron chi connectivity index (χ1n) is 6.09. The lowest BCUT2D eigenvalue weighted by Gasteiger charge is -2.13. The van der Waals surface area contributed by atoms with Gasteiger partial charge in [-0.2, -0.15) is 0 Å². The van der Waals surface area contributed by atoms with Crippen LogP contribution in [-0.4, -0.2) is 19.1 Å². The summed E-state index contributed by atoms with van der Waals surface area (Å²) in [7, 11) is 0. The molecule has 1 aromatic rings. The van der Waals surface area contributed by atoms with Crippen molar-refractivity contribution in [1.29, 1.82) is 0 Å². The van der Waals surface area contributed by atoms with E-state index in [9.17, 15) is 4.79 Å². The minimum atomic E-state index is -0.211. The standard InChI is InChI=1S/C14H16ClNO2/c15-12-2-1-3-13(10-12)18-14(17)5-4-11-6-8-16-9-7-11/h1-3,6,10,16H,4-5,7-9H2. The maximum atomic E-state index is 11.7. The van der Waals surface area contributed by atoms with Gasteiger partial charge in [0, 0.05) is 18.0 Å². The summed E-state index contributed by atoms with van der Waals surface area (Å²) in [5.41, 5.74) is 1.33. The molecule has 0 radical (unpaired) electrons. The molecule has 0 atom stereocenters. The molecule has 1 aliphatic heterocycles. The number of rotatable bonds is 4. The third-order valence-electron chi connectivity index (χ3n) is 2.84. The minimum absolute atomic E-state index is 0.211. The van der Waals surface area contributed by atoms with Gasteiger partial charge in [-0.1, -0.05) is 29.3 Å². The minimum Gasteiger partial charge on any atom is -0.426 e. The van der Waals surface area contributed by atoms with Crippen molar-refractivity contribution in [3.05, 3.63) is 40.9 Å². The predicted octanol–water partition coefficient (Wildman–Crippen LogP) is 2.95. The van der Waals surface area contributed by atoms with E-state index in [1.54, 1.807) is 24.3 Å². The van der Waals surface area contributed by atoms with Gasteiger partial charge in [-0.25, -0.2) is 0 Å². The van der Waals surface area contributed by atoms with Crippen LogP contribution in [0, 0.1) is 0 Å². The molecular weight excluding hydrogens is 250 g/mol. The molecule has 0 amide bonds. The van der Waals surface area contributed by atoms with E-state index in [2.05, 4.69) is 11.4 Å². The van der Waals surface area contributed by atoms with Crippen LogP contribution in [0.25, 0.3) is 0 Å². The van der Waals surface area contributed by atoms with E-state index in [0.717, 1.165) is 25.9 Å². The van der Waals surface area contributed by atoms with Gasteiger partial charge in [0.2, 0.25) is 0 Å². The van der Waals surface area contributed by atoms with Gasteiger partial charge < -0.3 is 10.1 Å². The van der Waals surface area contributed by atoms with Crippen molar-refractivity contribution < 1.29 is 9.53 Å².